The Morgan fingerprint density at radius 3 is 2.73 bits per heavy atom. The van der Waals surface area contributed by atoms with Gasteiger partial charge in [0.2, 0.25) is 0 Å². The van der Waals surface area contributed by atoms with Crippen molar-refractivity contribution >= 4 is 33.7 Å². The second-order valence-electron chi connectivity index (χ2n) is 4.68. The highest BCUT2D eigenvalue weighted by Gasteiger charge is 2.01. The maximum Gasteiger partial charge on any atom is 0.259 e. The van der Waals surface area contributed by atoms with Crippen LogP contribution in [-0.2, 0) is 4.79 Å². The van der Waals surface area contributed by atoms with Gasteiger partial charge in [0.05, 0.1) is 12.8 Å². The van der Waals surface area contributed by atoms with E-state index in [0.29, 0.717) is 5.56 Å². The van der Waals surface area contributed by atoms with Crippen LogP contribution in [0.15, 0.2) is 52.0 Å². The summed E-state index contributed by atoms with van der Waals surface area (Å²) in [7, 11) is 0. The van der Waals surface area contributed by atoms with Gasteiger partial charge in [0.25, 0.3) is 5.91 Å². The molecule has 6 heteroatoms. The van der Waals surface area contributed by atoms with Crippen molar-refractivity contribution in [2.45, 2.75) is 6.92 Å². The number of carbonyl (C=O) groups excluding carboxylic acids is 1. The summed E-state index contributed by atoms with van der Waals surface area (Å²) in [6, 6.07) is 12.2. The highest BCUT2D eigenvalue weighted by molar-refractivity contribution is 9.10. The maximum absolute atomic E-state index is 13.5. The number of rotatable bonds is 5. The summed E-state index contributed by atoms with van der Waals surface area (Å²) < 4.78 is 14.2. The molecule has 0 aliphatic heterocycles. The summed E-state index contributed by atoms with van der Waals surface area (Å²) in [6.07, 6.45) is 1.27. The fraction of sp³-hybridized carbons (Fsp3) is 0.125. The van der Waals surface area contributed by atoms with Gasteiger partial charge in [-0.25, -0.2) is 9.82 Å². The molecule has 0 heterocycles. The van der Waals surface area contributed by atoms with Crippen molar-refractivity contribution < 1.29 is 9.18 Å². The van der Waals surface area contributed by atoms with E-state index in [2.05, 4.69) is 31.8 Å². The van der Waals surface area contributed by atoms with E-state index in [1.54, 1.807) is 12.1 Å². The van der Waals surface area contributed by atoms with Crippen LogP contribution < -0.4 is 10.7 Å². The van der Waals surface area contributed by atoms with E-state index in [1.807, 2.05) is 31.2 Å². The minimum absolute atomic E-state index is 0.0847. The Balaban J connectivity index is 1.83. The van der Waals surface area contributed by atoms with Gasteiger partial charge in [-0.3, -0.25) is 4.79 Å². The van der Waals surface area contributed by atoms with Crippen LogP contribution in [0.1, 0.15) is 11.1 Å². The van der Waals surface area contributed by atoms with Gasteiger partial charge in [0, 0.05) is 15.7 Å². The Morgan fingerprint density at radius 1 is 1.27 bits per heavy atom. The van der Waals surface area contributed by atoms with Gasteiger partial charge in [0.1, 0.15) is 5.82 Å². The lowest BCUT2D eigenvalue weighted by atomic mass is 10.2. The van der Waals surface area contributed by atoms with Gasteiger partial charge in [-0.1, -0.05) is 33.6 Å². The fourth-order valence-corrected chi connectivity index (χ4v) is 2.06. The van der Waals surface area contributed by atoms with Gasteiger partial charge in [-0.05, 0) is 37.3 Å². The molecule has 2 aromatic rings. The molecular weight excluding hydrogens is 349 g/mol. The Labute approximate surface area is 136 Å². The molecular formula is C16H15BrFN3O. The second kappa shape index (κ2) is 7.70. The highest BCUT2D eigenvalue weighted by Crippen LogP contribution is 2.13. The van der Waals surface area contributed by atoms with Crippen LogP contribution >= 0.6 is 15.9 Å². The lowest BCUT2D eigenvalue weighted by Crippen LogP contribution is -2.25. The molecule has 0 aromatic heterocycles. The third-order valence-electron chi connectivity index (χ3n) is 2.86. The summed E-state index contributed by atoms with van der Waals surface area (Å²) in [4.78, 5) is 11.6. The average Bonchev–Trinajstić information content (AvgIpc) is 2.50. The van der Waals surface area contributed by atoms with Crippen LogP contribution in [0.5, 0.6) is 0 Å². The van der Waals surface area contributed by atoms with E-state index in [9.17, 15) is 9.18 Å². The summed E-state index contributed by atoms with van der Waals surface area (Å²) in [5, 5.41) is 6.72. The molecule has 0 unspecified atom stereocenters. The van der Waals surface area contributed by atoms with Crippen LogP contribution in [0.4, 0.5) is 10.1 Å². The molecule has 0 saturated carbocycles. The number of hydrazone groups is 1. The van der Waals surface area contributed by atoms with Crippen LogP contribution in [-0.4, -0.2) is 18.7 Å². The SMILES string of the molecule is Cc1ccc(NCC(=O)N/N=C\c2cc(Br)ccc2F)cc1. The topological polar surface area (TPSA) is 53.5 Å². The van der Waals surface area contributed by atoms with Crippen molar-refractivity contribution in [3.63, 3.8) is 0 Å². The molecule has 1 amide bonds. The molecule has 0 fully saturated rings. The van der Waals surface area contributed by atoms with Crippen molar-refractivity contribution in [1.29, 1.82) is 0 Å². The van der Waals surface area contributed by atoms with Gasteiger partial charge < -0.3 is 5.32 Å². The normalized spacial score (nSPS) is 10.7. The maximum atomic E-state index is 13.5. The fourth-order valence-electron chi connectivity index (χ4n) is 1.68. The van der Waals surface area contributed by atoms with E-state index in [1.165, 1.54) is 12.3 Å². The van der Waals surface area contributed by atoms with Crippen LogP contribution in [0.3, 0.4) is 0 Å². The zero-order valence-corrected chi connectivity index (χ0v) is 13.5. The molecule has 0 spiro atoms. The number of nitrogens with one attached hydrogen (secondary N) is 2. The molecule has 2 N–H and O–H groups in total. The lowest BCUT2D eigenvalue weighted by molar-refractivity contribution is -0.119. The number of nitrogens with zero attached hydrogens (tertiary/aromatic N) is 1. The highest BCUT2D eigenvalue weighted by atomic mass is 79.9. The van der Waals surface area contributed by atoms with E-state index in [0.717, 1.165) is 15.7 Å². The van der Waals surface area contributed by atoms with Crippen molar-refractivity contribution in [2.75, 3.05) is 11.9 Å². The first kappa shape index (κ1) is 16.2. The lowest BCUT2D eigenvalue weighted by Gasteiger charge is -2.05. The van der Waals surface area contributed by atoms with E-state index in [-0.39, 0.29) is 12.5 Å². The van der Waals surface area contributed by atoms with Crippen molar-refractivity contribution in [3.05, 3.63) is 63.9 Å². The number of aryl methyl sites for hydroxylation is 1. The minimum Gasteiger partial charge on any atom is -0.376 e. The van der Waals surface area contributed by atoms with Gasteiger partial charge in [0.15, 0.2) is 0 Å². The third kappa shape index (κ3) is 4.96. The monoisotopic (exact) mass is 363 g/mol. The van der Waals surface area contributed by atoms with Crippen LogP contribution in [0.25, 0.3) is 0 Å². The first-order chi connectivity index (χ1) is 10.5. The number of hydrogen-bond donors (Lipinski definition) is 2. The van der Waals surface area contributed by atoms with Gasteiger partial charge >= 0.3 is 0 Å². The first-order valence-corrected chi connectivity index (χ1v) is 7.41. The molecule has 2 rings (SSSR count). The predicted octanol–water partition coefficient (Wildman–Crippen LogP) is 3.46. The Kier molecular flexibility index (Phi) is 5.66. The zero-order chi connectivity index (χ0) is 15.9. The van der Waals surface area contributed by atoms with E-state index >= 15 is 0 Å². The first-order valence-electron chi connectivity index (χ1n) is 6.62. The molecule has 2 aromatic carbocycles. The van der Waals surface area contributed by atoms with E-state index < -0.39 is 5.82 Å². The number of hydrogen-bond acceptors (Lipinski definition) is 3. The molecule has 22 heavy (non-hydrogen) atoms. The molecule has 0 saturated heterocycles. The Bertz CT molecular complexity index is 686. The number of carbonyl (C=O) groups is 1. The smallest absolute Gasteiger partial charge is 0.259 e. The summed E-state index contributed by atoms with van der Waals surface area (Å²) in [5.74, 6) is -0.716. The zero-order valence-electron chi connectivity index (χ0n) is 11.9. The molecule has 0 radical (unpaired) electrons. The number of halogens is 2. The van der Waals surface area contributed by atoms with Crippen LogP contribution in [0.2, 0.25) is 0 Å². The quantitative estimate of drug-likeness (QED) is 0.631. The molecule has 0 bridgehead atoms. The number of benzene rings is 2. The van der Waals surface area contributed by atoms with Gasteiger partial charge in [-0.2, -0.15) is 5.10 Å². The predicted molar refractivity (Wildman–Crippen MR) is 89.5 cm³/mol. The molecule has 0 aliphatic rings. The summed E-state index contributed by atoms with van der Waals surface area (Å²) >= 11 is 3.25. The number of anilines is 1. The second-order valence-corrected chi connectivity index (χ2v) is 5.59. The third-order valence-corrected chi connectivity index (χ3v) is 3.35. The summed E-state index contributed by atoms with van der Waals surface area (Å²) in [5.41, 5.74) is 4.64. The van der Waals surface area contributed by atoms with Crippen LogP contribution in [0, 0.1) is 12.7 Å². The molecule has 0 aliphatic carbocycles. The van der Waals surface area contributed by atoms with Crippen molar-refractivity contribution in [2.24, 2.45) is 5.10 Å². The van der Waals surface area contributed by atoms with Crippen molar-refractivity contribution in [1.82, 2.24) is 5.43 Å². The van der Waals surface area contributed by atoms with Gasteiger partial charge in [-0.15, -0.1) is 0 Å². The minimum atomic E-state index is -0.404. The molecule has 114 valence electrons. The Morgan fingerprint density at radius 2 is 2.00 bits per heavy atom. The Hall–Kier alpha value is -2.21. The standard InChI is InChI=1S/C16H15BrFN3O/c1-11-2-5-14(6-3-11)19-10-16(22)21-20-9-12-8-13(17)4-7-15(12)18/h2-9,19H,10H2,1H3,(H,21,22)/b20-9-. The largest absolute Gasteiger partial charge is 0.376 e. The molecule has 4 nitrogen and oxygen atoms in total. The summed E-state index contributed by atoms with van der Waals surface area (Å²) in [6.45, 7) is 2.08. The average molecular weight is 364 g/mol. The molecule has 0 atom stereocenters. The van der Waals surface area contributed by atoms with Crippen molar-refractivity contribution in [3.8, 4) is 0 Å². The number of amides is 1. The van der Waals surface area contributed by atoms with E-state index in [4.69, 9.17) is 0 Å².